The summed E-state index contributed by atoms with van der Waals surface area (Å²) in [5, 5.41) is 12.4. The van der Waals surface area contributed by atoms with Crippen LogP contribution in [0.2, 0.25) is 0 Å². The third-order valence-corrected chi connectivity index (χ3v) is 11.8. The van der Waals surface area contributed by atoms with Gasteiger partial charge in [0.2, 0.25) is 0 Å². The Morgan fingerprint density at radius 3 is 1.82 bits per heavy atom. The fraction of sp³-hybridized carbons (Fsp3) is 0.172. The van der Waals surface area contributed by atoms with Crippen LogP contribution in [0.3, 0.4) is 0 Å². The molecule has 0 bridgehead atoms. The van der Waals surface area contributed by atoms with Crippen LogP contribution in [0.25, 0.3) is 83.9 Å². The largest absolute Gasteiger partial charge is 0.507 e. The van der Waals surface area contributed by atoms with Gasteiger partial charge in [-0.2, -0.15) is 0 Å². The quantitative estimate of drug-likeness (QED) is 0.174. The van der Waals surface area contributed by atoms with E-state index in [2.05, 4.69) is 137 Å². The molecule has 4 nitrogen and oxygen atoms in total. The second-order valence-corrected chi connectivity index (χ2v) is 18.2. The van der Waals surface area contributed by atoms with Crippen LogP contribution in [-0.4, -0.2) is 19.6 Å². The number of para-hydroxylation sites is 1. The van der Waals surface area contributed by atoms with Crippen molar-refractivity contribution in [3.8, 4) is 78.6 Å². The smallest absolute Gasteiger partial charge is 0.149 e. The van der Waals surface area contributed by atoms with Gasteiger partial charge in [-0.05, 0) is 123 Å². The molecule has 9 aromatic rings. The number of benzene rings is 7. The fourth-order valence-electron chi connectivity index (χ4n) is 8.52. The van der Waals surface area contributed by atoms with Gasteiger partial charge in [-0.3, -0.25) is 9.55 Å². The molecule has 4 heteroatoms. The molecule has 0 aliphatic carbocycles. The van der Waals surface area contributed by atoms with Crippen LogP contribution < -0.4 is 0 Å². The van der Waals surface area contributed by atoms with Crippen molar-refractivity contribution in [2.75, 3.05) is 0 Å². The van der Waals surface area contributed by atoms with Gasteiger partial charge in [-0.15, -0.1) is 0 Å². The first kappa shape index (κ1) is 34.6. The van der Waals surface area contributed by atoms with E-state index in [4.69, 9.17) is 16.8 Å². The van der Waals surface area contributed by atoms with Gasteiger partial charge >= 0.3 is 0 Å². The molecule has 0 fully saturated rings. The highest BCUT2D eigenvalue weighted by Crippen LogP contribution is 2.45. The second kappa shape index (κ2) is 15.8. The molecule has 0 saturated heterocycles. The van der Waals surface area contributed by atoms with Crippen LogP contribution in [0, 0.1) is 13.8 Å². The number of aryl methyl sites for hydroxylation is 1. The number of hydrogen-bond donors (Lipinski definition) is 1. The van der Waals surface area contributed by atoms with Gasteiger partial charge in [0, 0.05) is 28.6 Å². The van der Waals surface area contributed by atoms with E-state index in [0.29, 0.717) is 33.8 Å². The molecule has 0 spiro atoms. The summed E-state index contributed by atoms with van der Waals surface area (Å²) in [6.45, 7) is 16.7. The van der Waals surface area contributed by atoms with Crippen molar-refractivity contribution in [1.82, 2.24) is 14.5 Å². The summed E-state index contributed by atoms with van der Waals surface area (Å²) in [4.78, 5) is 10.5. The lowest BCUT2D eigenvalue weighted by molar-refractivity contribution is 0.446. The molecule has 0 atom stereocenters. The Hall–Kier alpha value is -7.04. The predicted molar refractivity (Wildman–Crippen MR) is 260 cm³/mol. The number of fused-ring (bicyclic) bond motifs is 1. The highest BCUT2D eigenvalue weighted by atomic mass is 16.3. The molecule has 2 heterocycles. The number of nitrogens with zero attached hydrogens (tertiary/aromatic N) is 3. The Balaban J connectivity index is 1.33. The van der Waals surface area contributed by atoms with E-state index in [9.17, 15) is 5.11 Å². The number of aromatic nitrogens is 3. The number of phenols is 1. The van der Waals surface area contributed by atoms with E-state index in [1.807, 2.05) is 56.3 Å². The third kappa shape index (κ3) is 7.51. The minimum atomic E-state index is -0.431. The average molecular weight is 813 g/mol. The molecule has 306 valence electrons. The lowest BCUT2D eigenvalue weighted by Crippen LogP contribution is -2.17. The Morgan fingerprint density at radius 2 is 1.18 bits per heavy atom. The molecule has 7 aromatic carbocycles. The Bertz CT molecular complexity index is 3350. The van der Waals surface area contributed by atoms with Crippen molar-refractivity contribution in [3.05, 3.63) is 192 Å². The first-order chi connectivity index (χ1) is 31.8. The fourth-order valence-corrected chi connectivity index (χ4v) is 8.52. The van der Waals surface area contributed by atoms with E-state index >= 15 is 0 Å². The van der Waals surface area contributed by atoms with Crippen LogP contribution in [0.5, 0.6) is 5.75 Å². The van der Waals surface area contributed by atoms with E-state index in [1.165, 1.54) is 0 Å². The number of rotatable bonds is 7. The van der Waals surface area contributed by atoms with Gasteiger partial charge in [0.25, 0.3) is 0 Å². The third-order valence-electron chi connectivity index (χ3n) is 11.8. The standard InChI is InChI=1S/C58H53N3O/c1-37-36-59-53(38(2)52(37)42-23-16-11-17-24-42)45-32-43(40-21-14-10-15-22-40)31-44(33-45)48-25-18-26-51-54(48)60-56(49-34-46(57(3,4)5)35-50(55(49)62)58(6,7)8)61(51)47-29-27-41(28-30-47)39-19-12-9-13-20-39/h9-36,62H,1-8H3/i11D,16D,17D,23D,24D. The average Bonchev–Trinajstić information content (AvgIpc) is 3.70. The first-order valence-corrected chi connectivity index (χ1v) is 21.1. The Morgan fingerprint density at radius 1 is 0.565 bits per heavy atom. The highest BCUT2D eigenvalue weighted by molar-refractivity contribution is 5.98. The van der Waals surface area contributed by atoms with E-state index in [0.717, 1.165) is 66.8 Å². The van der Waals surface area contributed by atoms with Crippen LogP contribution in [0.1, 0.15) is 70.7 Å². The zero-order valence-electron chi connectivity index (χ0n) is 41.6. The molecule has 0 unspecified atom stereocenters. The molecule has 1 N–H and O–H groups in total. The SMILES string of the molecule is [2H]c1c([2H])c([2H])c(-c2c(C)cnc(-c3cc(-c4ccccc4)cc(-c4cccc5c4nc(-c4cc(C(C)(C)C)cc(C(C)(C)C)c4O)n5-c4ccc(-c5ccccc5)cc4)c3)c2C)c([2H])c1[2H]. The topological polar surface area (TPSA) is 50.9 Å². The zero-order chi connectivity index (χ0) is 47.7. The number of hydrogen-bond acceptors (Lipinski definition) is 3. The Kier molecular flexibility index (Phi) is 8.81. The van der Waals surface area contributed by atoms with E-state index in [1.54, 1.807) is 6.20 Å². The molecule has 9 rings (SSSR count). The van der Waals surface area contributed by atoms with Gasteiger partial charge in [0.05, 0.1) is 29.1 Å². The molecule has 0 saturated carbocycles. The summed E-state index contributed by atoms with van der Waals surface area (Å²) in [5.74, 6) is 0.812. The maximum Gasteiger partial charge on any atom is 0.149 e. The summed E-state index contributed by atoms with van der Waals surface area (Å²) in [6.07, 6.45) is 1.72. The van der Waals surface area contributed by atoms with Crippen LogP contribution >= 0.6 is 0 Å². The van der Waals surface area contributed by atoms with Gasteiger partial charge in [0.15, 0.2) is 0 Å². The van der Waals surface area contributed by atoms with Crippen LogP contribution in [0.4, 0.5) is 0 Å². The van der Waals surface area contributed by atoms with Gasteiger partial charge in [0.1, 0.15) is 11.6 Å². The molecule has 0 amide bonds. The van der Waals surface area contributed by atoms with Gasteiger partial charge in [-0.1, -0.05) is 163 Å². The van der Waals surface area contributed by atoms with Crippen molar-refractivity contribution < 1.29 is 12.0 Å². The molecule has 62 heavy (non-hydrogen) atoms. The van der Waals surface area contributed by atoms with E-state index in [-0.39, 0.29) is 46.3 Å². The molecular weight excluding hydrogens is 755 g/mol. The maximum absolute atomic E-state index is 12.4. The zero-order valence-corrected chi connectivity index (χ0v) is 36.6. The van der Waals surface area contributed by atoms with Crippen molar-refractivity contribution >= 4 is 11.0 Å². The van der Waals surface area contributed by atoms with Crippen molar-refractivity contribution in [3.63, 3.8) is 0 Å². The predicted octanol–water partition coefficient (Wildman–Crippen LogP) is 15.3. The monoisotopic (exact) mass is 812 g/mol. The van der Waals surface area contributed by atoms with Crippen LogP contribution in [-0.2, 0) is 10.8 Å². The minimum Gasteiger partial charge on any atom is -0.507 e. The number of phenolic OH excluding ortho intramolecular Hbond substituents is 1. The first-order valence-electron chi connectivity index (χ1n) is 23.6. The molecule has 2 aromatic heterocycles. The maximum atomic E-state index is 12.4. The number of imidazole rings is 1. The summed E-state index contributed by atoms with van der Waals surface area (Å²) in [6, 6.07) is 44.0. The number of pyridine rings is 1. The molecule has 0 radical (unpaired) electrons. The minimum absolute atomic E-state index is 0.150. The normalized spacial score (nSPS) is 13.1. The van der Waals surface area contributed by atoms with E-state index < -0.39 is 6.04 Å². The number of aromatic hydroxyl groups is 1. The van der Waals surface area contributed by atoms with Gasteiger partial charge < -0.3 is 5.11 Å². The molecule has 0 aliphatic heterocycles. The highest BCUT2D eigenvalue weighted by Gasteiger charge is 2.29. The molecule has 0 aliphatic rings. The molecular formula is C58H53N3O. The van der Waals surface area contributed by atoms with Gasteiger partial charge in [-0.25, -0.2) is 4.98 Å². The summed E-state index contributed by atoms with van der Waals surface area (Å²) >= 11 is 0. The summed E-state index contributed by atoms with van der Waals surface area (Å²) in [7, 11) is 0. The lowest BCUT2D eigenvalue weighted by atomic mass is 9.79. The van der Waals surface area contributed by atoms with Crippen LogP contribution in [0.15, 0.2) is 170 Å². The summed E-state index contributed by atoms with van der Waals surface area (Å²) in [5.41, 5.74) is 13.9. The second-order valence-electron chi connectivity index (χ2n) is 18.2. The Labute approximate surface area is 373 Å². The lowest BCUT2D eigenvalue weighted by Gasteiger charge is -2.27. The van der Waals surface area contributed by atoms with Crippen molar-refractivity contribution in [1.29, 1.82) is 0 Å². The summed E-state index contributed by atoms with van der Waals surface area (Å²) < 4.78 is 45.1. The van der Waals surface area contributed by atoms with Crippen molar-refractivity contribution in [2.45, 2.75) is 66.2 Å². The van der Waals surface area contributed by atoms with Crippen molar-refractivity contribution in [2.24, 2.45) is 0 Å².